The second-order valence-electron chi connectivity index (χ2n) is 4.88. The average molecular weight is 288 g/mol. The molecule has 0 atom stereocenters. The molecule has 0 saturated carbocycles. The monoisotopic (exact) mass is 288 g/mol. The van der Waals surface area contributed by atoms with Gasteiger partial charge in [0.05, 0.1) is 23.8 Å². The first-order chi connectivity index (χ1) is 10.2. The van der Waals surface area contributed by atoms with Gasteiger partial charge in [0.1, 0.15) is 11.5 Å². The predicted octanol–water partition coefficient (Wildman–Crippen LogP) is 1.80. The molecular formula is C14H17FN6. The quantitative estimate of drug-likeness (QED) is 0.777. The van der Waals surface area contributed by atoms with E-state index in [1.807, 2.05) is 10.8 Å². The van der Waals surface area contributed by atoms with Gasteiger partial charge in [-0.3, -0.25) is 4.68 Å². The molecule has 0 spiro atoms. The van der Waals surface area contributed by atoms with Crippen LogP contribution in [0.3, 0.4) is 0 Å². The number of halogens is 1. The number of fused-ring (bicyclic) bond motifs is 1. The standard InChI is InChI=1S/C14H17FN6/c1-2-6-21-13-8-10(15)3-4-11(13)17-14(21)12-9-20(7-5-16)19-18-12/h3-4,8-9H,2,5-7,16H2,1H3. The van der Waals surface area contributed by atoms with Crippen molar-refractivity contribution in [3.05, 3.63) is 30.2 Å². The van der Waals surface area contributed by atoms with Gasteiger partial charge >= 0.3 is 0 Å². The van der Waals surface area contributed by atoms with Gasteiger partial charge in [-0.1, -0.05) is 12.1 Å². The van der Waals surface area contributed by atoms with Gasteiger partial charge in [0, 0.05) is 13.1 Å². The van der Waals surface area contributed by atoms with Crippen LogP contribution in [-0.4, -0.2) is 31.1 Å². The molecule has 3 rings (SSSR count). The molecule has 0 aliphatic rings. The van der Waals surface area contributed by atoms with Gasteiger partial charge in [-0.25, -0.2) is 9.37 Å². The van der Waals surface area contributed by atoms with Crippen molar-refractivity contribution in [3.8, 4) is 11.5 Å². The highest BCUT2D eigenvalue weighted by Gasteiger charge is 2.15. The minimum Gasteiger partial charge on any atom is -0.329 e. The molecule has 6 nitrogen and oxygen atoms in total. The van der Waals surface area contributed by atoms with E-state index < -0.39 is 0 Å². The third kappa shape index (κ3) is 2.52. The highest BCUT2D eigenvalue weighted by molar-refractivity contribution is 5.80. The van der Waals surface area contributed by atoms with Crippen LogP contribution in [0.15, 0.2) is 24.4 Å². The lowest BCUT2D eigenvalue weighted by atomic mass is 10.3. The van der Waals surface area contributed by atoms with E-state index in [1.54, 1.807) is 10.7 Å². The molecule has 0 bridgehead atoms. The summed E-state index contributed by atoms with van der Waals surface area (Å²) in [6, 6.07) is 4.61. The Morgan fingerprint density at radius 2 is 2.14 bits per heavy atom. The van der Waals surface area contributed by atoms with E-state index in [0.717, 1.165) is 24.0 Å². The fourth-order valence-electron chi connectivity index (χ4n) is 2.38. The molecule has 3 aromatic rings. The molecule has 2 heterocycles. The largest absolute Gasteiger partial charge is 0.329 e. The summed E-state index contributed by atoms with van der Waals surface area (Å²) in [6.07, 6.45) is 2.74. The van der Waals surface area contributed by atoms with Crippen LogP contribution in [0.1, 0.15) is 13.3 Å². The third-order valence-corrected chi connectivity index (χ3v) is 3.28. The Bertz CT molecular complexity index is 760. The molecule has 2 N–H and O–H groups in total. The van der Waals surface area contributed by atoms with Gasteiger partial charge < -0.3 is 10.3 Å². The SMILES string of the molecule is CCCn1c(-c2cn(CCN)nn2)nc2ccc(F)cc21. The summed E-state index contributed by atoms with van der Waals surface area (Å²) in [4.78, 5) is 4.57. The van der Waals surface area contributed by atoms with Crippen LogP contribution in [0.2, 0.25) is 0 Å². The zero-order chi connectivity index (χ0) is 14.8. The van der Waals surface area contributed by atoms with Crippen LogP contribution < -0.4 is 5.73 Å². The van der Waals surface area contributed by atoms with Crippen molar-refractivity contribution < 1.29 is 4.39 Å². The number of benzene rings is 1. The van der Waals surface area contributed by atoms with E-state index in [0.29, 0.717) is 24.6 Å². The molecule has 21 heavy (non-hydrogen) atoms. The lowest BCUT2D eigenvalue weighted by Gasteiger charge is -2.05. The van der Waals surface area contributed by atoms with E-state index in [4.69, 9.17) is 5.73 Å². The summed E-state index contributed by atoms with van der Waals surface area (Å²) in [6.45, 7) is 3.92. The van der Waals surface area contributed by atoms with Gasteiger partial charge in [0.25, 0.3) is 0 Å². The molecule has 1 aromatic carbocycles. The molecule has 0 aliphatic heterocycles. The van der Waals surface area contributed by atoms with Crippen molar-refractivity contribution in [1.82, 2.24) is 24.5 Å². The number of hydrogen-bond donors (Lipinski definition) is 1. The van der Waals surface area contributed by atoms with Gasteiger partial charge in [0.15, 0.2) is 5.82 Å². The number of rotatable bonds is 5. The second kappa shape index (κ2) is 5.61. The average Bonchev–Trinajstić information content (AvgIpc) is 3.05. The molecule has 0 radical (unpaired) electrons. The first-order valence-corrected chi connectivity index (χ1v) is 6.99. The smallest absolute Gasteiger partial charge is 0.163 e. The Kier molecular flexibility index (Phi) is 3.66. The zero-order valence-electron chi connectivity index (χ0n) is 11.8. The van der Waals surface area contributed by atoms with Crippen molar-refractivity contribution in [3.63, 3.8) is 0 Å². The van der Waals surface area contributed by atoms with Gasteiger partial charge in [-0.15, -0.1) is 5.10 Å². The van der Waals surface area contributed by atoms with Crippen LogP contribution in [0, 0.1) is 5.82 Å². The van der Waals surface area contributed by atoms with Crippen molar-refractivity contribution in [2.24, 2.45) is 5.73 Å². The Balaban J connectivity index is 2.13. The summed E-state index contributed by atoms with van der Waals surface area (Å²) in [7, 11) is 0. The number of aromatic nitrogens is 5. The Labute approximate surface area is 121 Å². The van der Waals surface area contributed by atoms with Crippen LogP contribution in [-0.2, 0) is 13.1 Å². The molecule has 0 saturated heterocycles. The highest BCUT2D eigenvalue weighted by Crippen LogP contribution is 2.24. The van der Waals surface area contributed by atoms with Crippen molar-refractivity contribution >= 4 is 11.0 Å². The van der Waals surface area contributed by atoms with Crippen LogP contribution in [0.4, 0.5) is 4.39 Å². The van der Waals surface area contributed by atoms with Crippen molar-refractivity contribution in [2.75, 3.05) is 6.54 Å². The van der Waals surface area contributed by atoms with Crippen LogP contribution >= 0.6 is 0 Å². The van der Waals surface area contributed by atoms with E-state index in [9.17, 15) is 4.39 Å². The maximum Gasteiger partial charge on any atom is 0.163 e. The Morgan fingerprint density at radius 1 is 1.29 bits per heavy atom. The summed E-state index contributed by atoms with van der Waals surface area (Å²) in [5.74, 6) is 0.443. The van der Waals surface area contributed by atoms with E-state index in [2.05, 4.69) is 22.2 Å². The zero-order valence-corrected chi connectivity index (χ0v) is 11.8. The van der Waals surface area contributed by atoms with Crippen molar-refractivity contribution in [1.29, 1.82) is 0 Å². The fraction of sp³-hybridized carbons (Fsp3) is 0.357. The lowest BCUT2D eigenvalue weighted by Crippen LogP contribution is -2.10. The minimum absolute atomic E-state index is 0.266. The second-order valence-corrected chi connectivity index (χ2v) is 4.88. The third-order valence-electron chi connectivity index (χ3n) is 3.28. The lowest BCUT2D eigenvalue weighted by molar-refractivity contribution is 0.598. The Hall–Kier alpha value is -2.28. The fourth-order valence-corrected chi connectivity index (χ4v) is 2.38. The molecular weight excluding hydrogens is 271 g/mol. The van der Waals surface area contributed by atoms with Crippen LogP contribution in [0.25, 0.3) is 22.6 Å². The summed E-state index contributed by atoms with van der Waals surface area (Å²) < 4.78 is 17.2. The molecule has 110 valence electrons. The minimum atomic E-state index is -0.266. The molecule has 0 fully saturated rings. The number of aryl methyl sites for hydroxylation is 1. The Morgan fingerprint density at radius 3 is 2.90 bits per heavy atom. The topological polar surface area (TPSA) is 74.5 Å². The summed E-state index contributed by atoms with van der Waals surface area (Å²) in [5.41, 5.74) is 7.72. The molecule has 7 heteroatoms. The van der Waals surface area contributed by atoms with Crippen LogP contribution in [0.5, 0.6) is 0 Å². The van der Waals surface area contributed by atoms with Crippen molar-refractivity contribution in [2.45, 2.75) is 26.4 Å². The highest BCUT2D eigenvalue weighted by atomic mass is 19.1. The molecule has 0 amide bonds. The first-order valence-electron chi connectivity index (χ1n) is 6.99. The normalized spacial score (nSPS) is 11.4. The van der Waals surface area contributed by atoms with E-state index >= 15 is 0 Å². The number of hydrogen-bond acceptors (Lipinski definition) is 4. The summed E-state index contributed by atoms with van der Waals surface area (Å²) >= 11 is 0. The van der Waals surface area contributed by atoms with Gasteiger partial charge in [-0.05, 0) is 24.6 Å². The summed E-state index contributed by atoms with van der Waals surface area (Å²) in [5, 5.41) is 8.18. The predicted molar refractivity (Wildman–Crippen MR) is 78.1 cm³/mol. The van der Waals surface area contributed by atoms with E-state index in [-0.39, 0.29) is 5.82 Å². The maximum absolute atomic E-state index is 13.5. The number of nitrogens with zero attached hydrogens (tertiary/aromatic N) is 5. The molecule has 0 unspecified atom stereocenters. The first kappa shape index (κ1) is 13.7. The number of nitrogens with two attached hydrogens (primary N) is 1. The molecule has 2 aromatic heterocycles. The molecule has 0 aliphatic carbocycles. The van der Waals surface area contributed by atoms with Gasteiger partial charge in [0.2, 0.25) is 0 Å². The number of imidazole rings is 1. The van der Waals surface area contributed by atoms with Gasteiger partial charge in [-0.2, -0.15) is 0 Å². The maximum atomic E-state index is 13.5. The van der Waals surface area contributed by atoms with E-state index in [1.165, 1.54) is 12.1 Å².